The Kier molecular flexibility index (Phi) is 5.96. The van der Waals surface area contributed by atoms with Crippen LogP contribution in [0.2, 0.25) is 0 Å². The summed E-state index contributed by atoms with van der Waals surface area (Å²) in [7, 11) is 0. The molecule has 1 N–H and O–H groups in total. The summed E-state index contributed by atoms with van der Waals surface area (Å²) in [6.45, 7) is 13.6. The number of ether oxygens (including phenoxy) is 1. The molecule has 0 amide bonds. The first kappa shape index (κ1) is 15.9. The SMILES string of the molecule is CCCN1CCOC(c2nc(C)c(CNC(C)C)s2)C1. The molecule has 1 aliphatic heterocycles. The summed E-state index contributed by atoms with van der Waals surface area (Å²) in [4.78, 5) is 8.55. The van der Waals surface area contributed by atoms with E-state index in [1.807, 2.05) is 0 Å². The first-order valence-electron chi connectivity index (χ1n) is 7.63. The number of rotatable bonds is 6. The van der Waals surface area contributed by atoms with Gasteiger partial charge in [0.25, 0.3) is 0 Å². The van der Waals surface area contributed by atoms with E-state index in [-0.39, 0.29) is 6.10 Å². The number of nitrogens with zero attached hydrogens (tertiary/aromatic N) is 2. The van der Waals surface area contributed by atoms with Crippen LogP contribution in [0.15, 0.2) is 0 Å². The standard InChI is InChI=1S/C15H27N3OS/c1-5-6-18-7-8-19-13(10-18)15-17-12(4)14(20-15)9-16-11(2)3/h11,13,16H,5-10H2,1-4H3. The number of morpholine rings is 1. The van der Waals surface area contributed by atoms with Gasteiger partial charge in [-0.1, -0.05) is 20.8 Å². The second-order valence-electron chi connectivity index (χ2n) is 5.76. The molecule has 5 heteroatoms. The van der Waals surface area contributed by atoms with Crippen LogP contribution in [0.3, 0.4) is 0 Å². The van der Waals surface area contributed by atoms with Gasteiger partial charge in [0, 0.05) is 30.6 Å². The molecule has 20 heavy (non-hydrogen) atoms. The highest BCUT2D eigenvalue weighted by Crippen LogP contribution is 2.28. The fourth-order valence-corrected chi connectivity index (χ4v) is 3.48. The Morgan fingerprint density at radius 3 is 3.00 bits per heavy atom. The molecule has 1 aliphatic rings. The van der Waals surface area contributed by atoms with E-state index < -0.39 is 0 Å². The molecule has 0 spiro atoms. The van der Waals surface area contributed by atoms with Gasteiger partial charge in [-0.25, -0.2) is 4.98 Å². The Labute approximate surface area is 126 Å². The van der Waals surface area contributed by atoms with Gasteiger partial charge >= 0.3 is 0 Å². The van der Waals surface area contributed by atoms with Crippen LogP contribution in [0.4, 0.5) is 0 Å². The molecule has 2 rings (SSSR count). The molecule has 1 fully saturated rings. The van der Waals surface area contributed by atoms with Gasteiger partial charge in [-0.2, -0.15) is 0 Å². The summed E-state index contributed by atoms with van der Waals surface area (Å²) in [5, 5.41) is 4.61. The smallest absolute Gasteiger partial charge is 0.123 e. The topological polar surface area (TPSA) is 37.4 Å². The predicted octanol–water partition coefficient (Wildman–Crippen LogP) is 2.73. The van der Waals surface area contributed by atoms with Crippen molar-refractivity contribution in [1.29, 1.82) is 0 Å². The second kappa shape index (κ2) is 7.50. The van der Waals surface area contributed by atoms with Crippen molar-refractivity contribution >= 4 is 11.3 Å². The van der Waals surface area contributed by atoms with Crippen LogP contribution >= 0.6 is 11.3 Å². The van der Waals surface area contributed by atoms with Crippen molar-refractivity contribution in [3.63, 3.8) is 0 Å². The minimum absolute atomic E-state index is 0.159. The average molecular weight is 297 g/mol. The molecule has 114 valence electrons. The van der Waals surface area contributed by atoms with Gasteiger partial charge in [0.15, 0.2) is 0 Å². The third-order valence-corrected chi connectivity index (χ3v) is 4.80. The lowest BCUT2D eigenvalue weighted by molar-refractivity contribution is -0.0299. The third kappa shape index (κ3) is 4.25. The maximum absolute atomic E-state index is 5.92. The van der Waals surface area contributed by atoms with Gasteiger partial charge in [-0.05, 0) is 19.9 Å². The maximum Gasteiger partial charge on any atom is 0.123 e. The highest BCUT2D eigenvalue weighted by atomic mass is 32.1. The average Bonchev–Trinajstić information content (AvgIpc) is 2.78. The quantitative estimate of drug-likeness (QED) is 0.876. The van der Waals surface area contributed by atoms with E-state index in [4.69, 9.17) is 9.72 Å². The molecule has 4 nitrogen and oxygen atoms in total. The van der Waals surface area contributed by atoms with Gasteiger partial charge < -0.3 is 10.1 Å². The Balaban J connectivity index is 1.99. The molecule has 0 aromatic carbocycles. The number of aromatic nitrogens is 1. The summed E-state index contributed by atoms with van der Waals surface area (Å²) >= 11 is 1.80. The molecular formula is C15H27N3OS. The molecule has 1 atom stereocenters. The van der Waals surface area contributed by atoms with Gasteiger partial charge in [-0.3, -0.25) is 4.90 Å². The molecule has 1 aromatic heterocycles. The minimum Gasteiger partial charge on any atom is -0.368 e. The summed E-state index contributed by atoms with van der Waals surface area (Å²) < 4.78 is 5.92. The fraction of sp³-hybridized carbons (Fsp3) is 0.800. The number of hydrogen-bond donors (Lipinski definition) is 1. The Bertz CT molecular complexity index is 417. The Hall–Kier alpha value is -0.490. The molecule has 1 saturated heterocycles. The number of aryl methyl sites for hydroxylation is 1. The van der Waals surface area contributed by atoms with Crippen molar-refractivity contribution in [2.45, 2.75) is 52.8 Å². The van der Waals surface area contributed by atoms with E-state index in [9.17, 15) is 0 Å². The zero-order valence-corrected chi connectivity index (χ0v) is 13.9. The first-order valence-corrected chi connectivity index (χ1v) is 8.45. The summed E-state index contributed by atoms with van der Waals surface area (Å²) in [5.74, 6) is 0. The second-order valence-corrected chi connectivity index (χ2v) is 6.87. The Morgan fingerprint density at radius 1 is 1.50 bits per heavy atom. The van der Waals surface area contributed by atoms with Crippen LogP contribution in [0.25, 0.3) is 0 Å². The van der Waals surface area contributed by atoms with Gasteiger partial charge in [-0.15, -0.1) is 11.3 Å². The van der Waals surface area contributed by atoms with E-state index in [1.165, 1.54) is 11.3 Å². The van der Waals surface area contributed by atoms with Crippen molar-refractivity contribution in [2.24, 2.45) is 0 Å². The molecular weight excluding hydrogens is 270 g/mol. The molecule has 0 bridgehead atoms. The molecule has 0 radical (unpaired) electrons. The zero-order chi connectivity index (χ0) is 14.5. The summed E-state index contributed by atoms with van der Waals surface area (Å²) in [6, 6.07) is 0.505. The molecule has 1 aromatic rings. The van der Waals surface area contributed by atoms with Crippen LogP contribution in [0, 0.1) is 6.92 Å². The van der Waals surface area contributed by atoms with Crippen LogP contribution in [-0.4, -0.2) is 42.2 Å². The van der Waals surface area contributed by atoms with E-state index >= 15 is 0 Å². The van der Waals surface area contributed by atoms with Crippen molar-refractivity contribution in [1.82, 2.24) is 15.2 Å². The fourth-order valence-electron chi connectivity index (χ4n) is 2.42. The Morgan fingerprint density at radius 2 is 2.30 bits per heavy atom. The van der Waals surface area contributed by atoms with Crippen LogP contribution in [0.1, 0.15) is 48.9 Å². The van der Waals surface area contributed by atoms with E-state index in [0.29, 0.717) is 6.04 Å². The summed E-state index contributed by atoms with van der Waals surface area (Å²) in [5.41, 5.74) is 1.15. The molecule has 0 saturated carbocycles. The van der Waals surface area contributed by atoms with E-state index in [2.05, 4.69) is 37.9 Å². The van der Waals surface area contributed by atoms with Crippen LogP contribution < -0.4 is 5.32 Å². The first-order chi connectivity index (χ1) is 9.60. The predicted molar refractivity (Wildman–Crippen MR) is 84.3 cm³/mol. The highest BCUT2D eigenvalue weighted by Gasteiger charge is 2.24. The maximum atomic E-state index is 5.92. The van der Waals surface area contributed by atoms with Crippen molar-refractivity contribution in [3.8, 4) is 0 Å². The van der Waals surface area contributed by atoms with Crippen molar-refractivity contribution < 1.29 is 4.74 Å². The molecule has 0 aliphatic carbocycles. The van der Waals surface area contributed by atoms with Gasteiger partial charge in [0.2, 0.25) is 0 Å². The van der Waals surface area contributed by atoms with Crippen molar-refractivity contribution in [3.05, 3.63) is 15.6 Å². The normalized spacial score (nSPS) is 20.8. The molecule has 1 unspecified atom stereocenters. The van der Waals surface area contributed by atoms with Gasteiger partial charge in [0.05, 0.1) is 12.3 Å². The molecule has 2 heterocycles. The third-order valence-electron chi connectivity index (χ3n) is 3.55. The monoisotopic (exact) mass is 297 g/mol. The lowest BCUT2D eigenvalue weighted by Crippen LogP contribution is -2.38. The minimum atomic E-state index is 0.159. The largest absolute Gasteiger partial charge is 0.368 e. The lowest BCUT2D eigenvalue weighted by Gasteiger charge is -2.31. The van der Waals surface area contributed by atoms with E-state index in [0.717, 1.165) is 43.5 Å². The van der Waals surface area contributed by atoms with Crippen LogP contribution in [0.5, 0.6) is 0 Å². The number of thiazole rings is 1. The number of nitrogens with one attached hydrogen (secondary N) is 1. The lowest BCUT2D eigenvalue weighted by atomic mass is 10.2. The van der Waals surface area contributed by atoms with E-state index in [1.54, 1.807) is 11.3 Å². The highest BCUT2D eigenvalue weighted by molar-refractivity contribution is 7.11. The van der Waals surface area contributed by atoms with Crippen molar-refractivity contribution in [2.75, 3.05) is 26.2 Å². The van der Waals surface area contributed by atoms with Crippen LogP contribution in [-0.2, 0) is 11.3 Å². The number of hydrogen-bond acceptors (Lipinski definition) is 5. The summed E-state index contributed by atoms with van der Waals surface area (Å²) in [6.07, 6.45) is 1.36. The zero-order valence-electron chi connectivity index (χ0n) is 13.1. The van der Waals surface area contributed by atoms with Gasteiger partial charge in [0.1, 0.15) is 11.1 Å².